The summed E-state index contributed by atoms with van der Waals surface area (Å²) in [4.78, 5) is 12.8. The summed E-state index contributed by atoms with van der Waals surface area (Å²) in [5.41, 5.74) is 0.630. The molecular formula is C14H9ClO3S. The number of carbonyl (C=O) groups is 1. The number of hydrogen-bond acceptors (Lipinski definition) is 4. The van der Waals surface area contributed by atoms with Gasteiger partial charge in [-0.2, -0.15) is 0 Å². The van der Waals surface area contributed by atoms with Crippen molar-refractivity contribution in [2.45, 2.75) is 0 Å². The zero-order valence-corrected chi connectivity index (χ0v) is 11.5. The molecule has 5 heteroatoms. The summed E-state index contributed by atoms with van der Waals surface area (Å²) in [6.07, 6.45) is 0. The van der Waals surface area contributed by atoms with Crippen molar-refractivity contribution in [2.24, 2.45) is 0 Å². The van der Waals surface area contributed by atoms with Crippen molar-refractivity contribution < 1.29 is 13.9 Å². The Bertz CT molecular complexity index is 757. The molecule has 3 aromatic rings. The summed E-state index contributed by atoms with van der Waals surface area (Å²) < 4.78 is 11.3. The third kappa shape index (κ3) is 2.25. The van der Waals surface area contributed by atoms with Gasteiger partial charge < -0.3 is 9.15 Å². The number of rotatable bonds is 3. The Hall–Kier alpha value is -1.78. The quantitative estimate of drug-likeness (QED) is 0.672. The van der Waals surface area contributed by atoms with Crippen molar-refractivity contribution in [1.29, 1.82) is 0 Å². The van der Waals surface area contributed by atoms with Crippen LogP contribution in [0.2, 0.25) is 4.34 Å². The molecular weight excluding hydrogens is 284 g/mol. The summed E-state index contributed by atoms with van der Waals surface area (Å²) in [6, 6.07) is 10.6. The molecule has 1 aromatic carbocycles. The molecule has 0 N–H and O–H groups in total. The van der Waals surface area contributed by atoms with Gasteiger partial charge >= 0.3 is 0 Å². The maximum absolute atomic E-state index is 12.2. The molecule has 0 aliphatic carbocycles. The molecule has 0 fully saturated rings. The molecule has 0 aliphatic heterocycles. The number of hydrogen-bond donors (Lipinski definition) is 0. The first-order valence-corrected chi connectivity index (χ1v) is 6.74. The van der Waals surface area contributed by atoms with Gasteiger partial charge in [0.1, 0.15) is 11.3 Å². The van der Waals surface area contributed by atoms with Crippen molar-refractivity contribution in [3.05, 3.63) is 51.4 Å². The number of ether oxygens (including phenoxy) is 1. The van der Waals surface area contributed by atoms with Crippen molar-refractivity contribution in [2.75, 3.05) is 7.11 Å². The molecule has 2 heterocycles. The minimum atomic E-state index is -0.160. The van der Waals surface area contributed by atoms with Crippen LogP contribution in [0.15, 0.2) is 40.8 Å². The average Bonchev–Trinajstić information content (AvgIpc) is 3.02. The maximum atomic E-state index is 12.2. The lowest BCUT2D eigenvalue weighted by molar-refractivity contribution is 0.101. The molecule has 0 atom stereocenters. The van der Waals surface area contributed by atoms with E-state index in [2.05, 4.69) is 0 Å². The summed E-state index contributed by atoms with van der Waals surface area (Å²) in [7, 11) is 1.59. The van der Waals surface area contributed by atoms with Crippen LogP contribution in [0.5, 0.6) is 5.75 Å². The Morgan fingerprint density at radius 2 is 2.11 bits per heavy atom. The van der Waals surface area contributed by atoms with Crippen LogP contribution in [-0.2, 0) is 0 Å². The fourth-order valence-corrected chi connectivity index (χ4v) is 2.80. The van der Waals surface area contributed by atoms with E-state index < -0.39 is 0 Å². The monoisotopic (exact) mass is 292 g/mol. The van der Waals surface area contributed by atoms with Crippen LogP contribution >= 0.6 is 22.9 Å². The molecule has 0 radical (unpaired) electrons. The Balaban J connectivity index is 2.03. The molecule has 3 rings (SSSR count). The molecule has 96 valence electrons. The van der Waals surface area contributed by atoms with Crippen LogP contribution in [0.3, 0.4) is 0 Å². The number of carbonyl (C=O) groups excluding carboxylic acids is 1. The highest BCUT2D eigenvalue weighted by Gasteiger charge is 2.16. The van der Waals surface area contributed by atoms with Crippen molar-refractivity contribution in [3.63, 3.8) is 0 Å². The molecule has 3 nitrogen and oxygen atoms in total. The SMILES string of the molecule is COc1ccc2cc(C(=O)c3ccc(Cl)s3)oc2c1. The largest absolute Gasteiger partial charge is 0.497 e. The Morgan fingerprint density at radius 1 is 1.26 bits per heavy atom. The number of furan rings is 1. The Kier molecular flexibility index (Phi) is 3.05. The third-order valence-corrected chi connectivity index (χ3v) is 3.98. The first-order chi connectivity index (χ1) is 9.17. The molecule has 0 saturated carbocycles. The molecule has 0 bridgehead atoms. The van der Waals surface area contributed by atoms with E-state index in [4.69, 9.17) is 20.8 Å². The second-order valence-electron chi connectivity index (χ2n) is 3.95. The Morgan fingerprint density at radius 3 is 2.79 bits per heavy atom. The minimum Gasteiger partial charge on any atom is -0.497 e. The minimum absolute atomic E-state index is 0.160. The number of benzene rings is 1. The van der Waals surface area contributed by atoms with Gasteiger partial charge in [0.15, 0.2) is 5.76 Å². The molecule has 0 aliphatic rings. The standard InChI is InChI=1S/C14H9ClO3S/c1-17-9-3-2-8-6-11(18-10(8)7-9)14(16)12-4-5-13(15)19-12/h2-7H,1H3. The summed E-state index contributed by atoms with van der Waals surface area (Å²) in [5.74, 6) is 0.842. The number of fused-ring (bicyclic) bond motifs is 1. The van der Waals surface area contributed by atoms with Crippen LogP contribution < -0.4 is 4.74 Å². The van der Waals surface area contributed by atoms with Crippen LogP contribution in [0.25, 0.3) is 11.0 Å². The van der Waals surface area contributed by atoms with Gasteiger partial charge in [-0.15, -0.1) is 11.3 Å². The average molecular weight is 293 g/mol. The van der Waals surface area contributed by atoms with E-state index in [1.807, 2.05) is 12.1 Å². The summed E-state index contributed by atoms with van der Waals surface area (Å²) in [5, 5.41) is 0.867. The summed E-state index contributed by atoms with van der Waals surface area (Å²) >= 11 is 7.07. The van der Waals surface area contributed by atoms with Crippen LogP contribution in [0, 0.1) is 0 Å². The highest BCUT2D eigenvalue weighted by atomic mass is 35.5. The fourth-order valence-electron chi connectivity index (χ4n) is 1.81. The predicted molar refractivity (Wildman–Crippen MR) is 75.5 cm³/mol. The van der Waals surface area contributed by atoms with Gasteiger partial charge in [0.2, 0.25) is 5.78 Å². The van der Waals surface area contributed by atoms with Crippen molar-refractivity contribution in [1.82, 2.24) is 0 Å². The van der Waals surface area contributed by atoms with Crippen molar-refractivity contribution >= 4 is 39.7 Å². The lowest BCUT2D eigenvalue weighted by atomic mass is 10.2. The highest BCUT2D eigenvalue weighted by Crippen LogP contribution is 2.28. The second kappa shape index (κ2) is 4.72. The van der Waals surface area contributed by atoms with E-state index >= 15 is 0 Å². The number of methoxy groups -OCH3 is 1. The lowest BCUT2D eigenvalue weighted by Gasteiger charge is -1.96. The van der Waals surface area contributed by atoms with Crippen molar-refractivity contribution in [3.8, 4) is 5.75 Å². The van der Waals surface area contributed by atoms with Gasteiger partial charge in [0.05, 0.1) is 16.3 Å². The molecule has 0 spiro atoms. The number of halogens is 1. The van der Waals surface area contributed by atoms with E-state index in [1.165, 1.54) is 11.3 Å². The van der Waals surface area contributed by atoms with E-state index in [0.717, 1.165) is 5.39 Å². The van der Waals surface area contributed by atoms with Crippen LogP contribution in [0.4, 0.5) is 0 Å². The van der Waals surface area contributed by atoms with E-state index in [0.29, 0.717) is 26.3 Å². The van der Waals surface area contributed by atoms with Crippen LogP contribution in [-0.4, -0.2) is 12.9 Å². The van der Waals surface area contributed by atoms with Gasteiger partial charge in [-0.3, -0.25) is 4.79 Å². The van der Waals surface area contributed by atoms with E-state index in [1.54, 1.807) is 31.4 Å². The zero-order chi connectivity index (χ0) is 13.4. The molecule has 0 amide bonds. The highest BCUT2D eigenvalue weighted by molar-refractivity contribution is 7.18. The predicted octanol–water partition coefficient (Wildman–Crippen LogP) is 4.39. The number of ketones is 1. The smallest absolute Gasteiger partial charge is 0.238 e. The van der Waals surface area contributed by atoms with Gasteiger partial charge in [-0.05, 0) is 30.3 Å². The molecule has 0 saturated heterocycles. The van der Waals surface area contributed by atoms with E-state index in [-0.39, 0.29) is 5.78 Å². The first kappa shape index (κ1) is 12.3. The van der Waals surface area contributed by atoms with Crippen LogP contribution in [0.1, 0.15) is 15.4 Å². The Labute approximate surface area is 118 Å². The van der Waals surface area contributed by atoms with Gasteiger partial charge in [0.25, 0.3) is 0 Å². The van der Waals surface area contributed by atoms with Gasteiger partial charge in [0, 0.05) is 11.5 Å². The van der Waals surface area contributed by atoms with Gasteiger partial charge in [-0.25, -0.2) is 0 Å². The van der Waals surface area contributed by atoms with Gasteiger partial charge in [-0.1, -0.05) is 11.6 Å². The molecule has 2 aromatic heterocycles. The normalized spacial score (nSPS) is 10.8. The second-order valence-corrected chi connectivity index (χ2v) is 5.66. The van der Waals surface area contributed by atoms with E-state index in [9.17, 15) is 4.79 Å². The topological polar surface area (TPSA) is 39.4 Å². The lowest BCUT2D eigenvalue weighted by Crippen LogP contribution is -1.95. The third-order valence-electron chi connectivity index (χ3n) is 2.75. The molecule has 19 heavy (non-hydrogen) atoms. The first-order valence-electron chi connectivity index (χ1n) is 5.55. The fraction of sp³-hybridized carbons (Fsp3) is 0.0714. The summed E-state index contributed by atoms with van der Waals surface area (Å²) in [6.45, 7) is 0. The molecule has 0 unspecified atom stereocenters. The number of thiophene rings is 1. The maximum Gasteiger partial charge on any atom is 0.238 e. The zero-order valence-electron chi connectivity index (χ0n) is 9.98.